The summed E-state index contributed by atoms with van der Waals surface area (Å²) in [4.78, 5) is 17.7. The van der Waals surface area contributed by atoms with Gasteiger partial charge in [-0.25, -0.2) is 0 Å². The second-order valence-electron chi connectivity index (χ2n) is 5.82. The van der Waals surface area contributed by atoms with Crippen molar-refractivity contribution in [3.63, 3.8) is 0 Å². The zero-order chi connectivity index (χ0) is 16.6. The van der Waals surface area contributed by atoms with E-state index in [0.29, 0.717) is 5.56 Å². The van der Waals surface area contributed by atoms with Gasteiger partial charge >= 0.3 is 0 Å². The lowest BCUT2D eigenvalue weighted by Crippen LogP contribution is -2.15. The standard InChI is InChI=1S/C19H20N2OS/c1-5-21-16-9-6-12(2)10-17(16)23-19(21)20-18(22)15-8-7-13(3)14(4)11-15/h6-11H,5H2,1-4H3. The highest BCUT2D eigenvalue weighted by Gasteiger charge is 2.09. The number of aryl methyl sites for hydroxylation is 4. The van der Waals surface area contributed by atoms with Crippen molar-refractivity contribution in [2.45, 2.75) is 34.2 Å². The summed E-state index contributed by atoms with van der Waals surface area (Å²) in [5.74, 6) is -0.182. The fraction of sp³-hybridized carbons (Fsp3) is 0.263. The van der Waals surface area contributed by atoms with Gasteiger partial charge in [-0.3, -0.25) is 4.79 Å². The Morgan fingerprint density at radius 3 is 2.57 bits per heavy atom. The molecule has 0 saturated heterocycles. The number of fused-ring (bicyclic) bond motifs is 1. The van der Waals surface area contributed by atoms with Crippen molar-refractivity contribution >= 4 is 27.5 Å². The van der Waals surface area contributed by atoms with Crippen LogP contribution in [0.4, 0.5) is 0 Å². The third-order valence-corrected chi connectivity index (χ3v) is 5.15. The third kappa shape index (κ3) is 2.99. The number of nitrogens with zero attached hydrogens (tertiary/aromatic N) is 2. The Bertz CT molecular complexity index is 963. The molecule has 0 aliphatic rings. The minimum absolute atomic E-state index is 0.182. The molecule has 2 aromatic carbocycles. The summed E-state index contributed by atoms with van der Waals surface area (Å²) in [7, 11) is 0. The van der Waals surface area contributed by atoms with Crippen molar-refractivity contribution in [1.82, 2.24) is 4.57 Å². The Balaban J connectivity index is 2.12. The predicted octanol–water partition coefficient (Wildman–Crippen LogP) is 4.39. The van der Waals surface area contributed by atoms with Crippen LogP contribution >= 0.6 is 11.3 Å². The summed E-state index contributed by atoms with van der Waals surface area (Å²) in [6.45, 7) is 9.00. The van der Waals surface area contributed by atoms with Crippen molar-refractivity contribution in [2.75, 3.05) is 0 Å². The number of hydrogen-bond acceptors (Lipinski definition) is 2. The van der Waals surface area contributed by atoms with Crippen molar-refractivity contribution < 1.29 is 4.79 Å². The normalized spacial score (nSPS) is 12.1. The Morgan fingerprint density at radius 1 is 1.09 bits per heavy atom. The predicted molar refractivity (Wildman–Crippen MR) is 96.0 cm³/mol. The lowest BCUT2D eigenvalue weighted by atomic mass is 10.1. The van der Waals surface area contributed by atoms with E-state index in [0.717, 1.165) is 22.4 Å². The van der Waals surface area contributed by atoms with Crippen molar-refractivity contribution in [3.05, 3.63) is 63.5 Å². The molecular weight excluding hydrogens is 304 g/mol. The van der Waals surface area contributed by atoms with Gasteiger partial charge in [-0.1, -0.05) is 23.5 Å². The van der Waals surface area contributed by atoms with Crippen LogP contribution in [0.5, 0.6) is 0 Å². The summed E-state index contributed by atoms with van der Waals surface area (Å²) in [6.07, 6.45) is 0. The van der Waals surface area contributed by atoms with Gasteiger partial charge in [-0.15, -0.1) is 0 Å². The van der Waals surface area contributed by atoms with Gasteiger partial charge in [-0.2, -0.15) is 4.99 Å². The van der Waals surface area contributed by atoms with Crippen molar-refractivity contribution in [1.29, 1.82) is 0 Å². The molecule has 0 aliphatic carbocycles. The quantitative estimate of drug-likeness (QED) is 0.688. The van der Waals surface area contributed by atoms with Gasteiger partial charge in [0, 0.05) is 12.1 Å². The highest BCUT2D eigenvalue weighted by Crippen LogP contribution is 2.19. The molecule has 0 aliphatic heterocycles. The summed E-state index contributed by atoms with van der Waals surface area (Å²) in [5, 5.41) is 0. The molecule has 23 heavy (non-hydrogen) atoms. The molecule has 0 radical (unpaired) electrons. The van der Waals surface area contributed by atoms with Crippen LogP contribution in [-0.2, 0) is 6.54 Å². The van der Waals surface area contributed by atoms with E-state index < -0.39 is 0 Å². The first-order chi connectivity index (χ1) is 11.0. The van der Waals surface area contributed by atoms with Crippen LogP contribution < -0.4 is 4.80 Å². The number of rotatable bonds is 2. The summed E-state index contributed by atoms with van der Waals surface area (Å²) < 4.78 is 3.26. The average Bonchev–Trinajstić information content (AvgIpc) is 2.85. The van der Waals surface area contributed by atoms with E-state index in [2.05, 4.69) is 41.6 Å². The van der Waals surface area contributed by atoms with E-state index >= 15 is 0 Å². The number of benzene rings is 2. The van der Waals surface area contributed by atoms with Gasteiger partial charge in [0.05, 0.1) is 10.2 Å². The highest BCUT2D eigenvalue weighted by atomic mass is 32.1. The molecule has 1 amide bonds. The first-order valence-electron chi connectivity index (χ1n) is 7.76. The molecule has 0 N–H and O–H groups in total. The lowest BCUT2D eigenvalue weighted by molar-refractivity contribution is 0.0998. The fourth-order valence-corrected chi connectivity index (χ4v) is 3.79. The number of thiazole rings is 1. The van der Waals surface area contributed by atoms with Gasteiger partial charge in [-0.05, 0) is 68.7 Å². The number of aromatic nitrogens is 1. The molecule has 118 valence electrons. The van der Waals surface area contributed by atoms with Crippen LogP contribution in [-0.4, -0.2) is 10.5 Å². The minimum Gasteiger partial charge on any atom is -0.317 e. The van der Waals surface area contributed by atoms with Crippen LogP contribution in [0.1, 0.15) is 34.0 Å². The third-order valence-electron chi connectivity index (χ3n) is 4.11. The zero-order valence-electron chi connectivity index (χ0n) is 13.9. The molecule has 0 unspecified atom stereocenters. The summed E-state index contributed by atoms with van der Waals surface area (Å²) >= 11 is 1.57. The number of carbonyl (C=O) groups excluding carboxylic acids is 1. The van der Waals surface area contributed by atoms with Crippen LogP contribution in [0.2, 0.25) is 0 Å². The molecule has 1 heterocycles. The number of carbonyl (C=O) groups is 1. The van der Waals surface area contributed by atoms with Crippen LogP contribution in [0.15, 0.2) is 41.4 Å². The Hall–Kier alpha value is -2.20. The smallest absolute Gasteiger partial charge is 0.279 e. The van der Waals surface area contributed by atoms with Gasteiger partial charge in [0.15, 0.2) is 4.80 Å². The van der Waals surface area contributed by atoms with Gasteiger partial charge < -0.3 is 4.57 Å². The Morgan fingerprint density at radius 2 is 1.87 bits per heavy atom. The second-order valence-corrected chi connectivity index (χ2v) is 6.83. The molecule has 1 aromatic heterocycles. The molecule has 0 atom stereocenters. The fourth-order valence-electron chi connectivity index (χ4n) is 2.60. The van der Waals surface area contributed by atoms with Crippen LogP contribution in [0, 0.1) is 20.8 Å². The molecule has 0 saturated carbocycles. The monoisotopic (exact) mass is 324 g/mol. The lowest BCUT2D eigenvalue weighted by Gasteiger charge is -2.02. The van der Waals surface area contributed by atoms with E-state index in [-0.39, 0.29) is 5.91 Å². The molecule has 3 rings (SSSR count). The summed E-state index contributed by atoms with van der Waals surface area (Å²) in [5.41, 5.74) is 5.29. The van der Waals surface area contributed by atoms with Gasteiger partial charge in [0.25, 0.3) is 5.91 Å². The topological polar surface area (TPSA) is 34.4 Å². The molecule has 0 fully saturated rings. The maximum atomic E-state index is 12.5. The molecular formula is C19H20N2OS. The van der Waals surface area contributed by atoms with E-state index in [4.69, 9.17) is 0 Å². The van der Waals surface area contributed by atoms with Crippen LogP contribution in [0.3, 0.4) is 0 Å². The molecule has 0 spiro atoms. The van der Waals surface area contributed by atoms with Crippen LogP contribution in [0.25, 0.3) is 10.2 Å². The Kier molecular flexibility index (Phi) is 4.18. The first kappa shape index (κ1) is 15.7. The highest BCUT2D eigenvalue weighted by molar-refractivity contribution is 7.16. The zero-order valence-corrected chi connectivity index (χ0v) is 14.7. The molecule has 3 aromatic rings. The van der Waals surface area contributed by atoms with E-state index in [1.54, 1.807) is 11.3 Å². The largest absolute Gasteiger partial charge is 0.317 e. The van der Waals surface area contributed by atoms with Crippen molar-refractivity contribution in [2.24, 2.45) is 4.99 Å². The number of hydrogen-bond donors (Lipinski definition) is 0. The van der Waals surface area contributed by atoms with E-state index in [1.807, 2.05) is 32.0 Å². The number of amides is 1. The van der Waals surface area contributed by atoms with Crippen molar-refractivity contribution in [3.8, 4) is 0 Å². The first-order valence-corrected chi connectivity index (χ1v) is 8.57. The Labute approximate surface area is 139 Å². The maximum Gasteiger partial charge on any atom is 0.279 e. The summed E-state index contributed by atoms with van der Waals surface area (Å²) in [6, 6.07) is 12.1. The van der Waals surface area contributed by atoms with Gasteiger partial charge in [0.2, 0.25) is 0 Å². The molecule has 4 heteroatoms. The molecule has 3 nitrogen and oxygen atoms in total. The van der Waals surface area contributed by atoms with E-state index in [9.17, 15) is 4.79 Å². The van der Waals surface area contributed by atoms with Gasteiger partial charge in [0.1, 0.15) is 0 Å². The van der Waals surface area contributed by atoms with E-state index in [1.165, 1.54) is 15.8 Å². The second kappa shape index (κ2) is 6.13. The SMILES string of the molecule is CCn1c(=NC(=O)c2ccc(C)c(C)c2)sc2cc(C)ccc21. The average molecular weight is 324 g/mol. The molecule has 0 bridgehead atoms. The minimum atomic E-state index is -0.182. The maximum absolute atomic E-state index is 12.5.